The van der Waals surface area contributed by atoms with Crippen LogP contribution < -0.4 is 14.8 Å². The molecule has 1 aromatic carbocycles. The van der Waals surface area contributed by atoms with Crippen LogP contribution in [0, 0.1) is 5.92 Å². The Hall–Kier alpha value is -2.28. The molecule has 1 spiro atoms. The Balaban J connectivity index is 1.31. The largest absolute Gasteiger partial charge is 0.454 e. The number of hydrogen-bond acceptors (Lipinski definition) is 5. The molecule has 3 aliphatic heterocycles. The van der Waals surface area contributed by atoms with Crippen LogP contribution in [0.1, 0.15) is 56.3 Å². The van der Waals surface area contributed by atoms with Gasteiger partial charge in [0.2, 0.25) is 12.7 Å². The van der Waals surface area contributed by atoms with E-state index in [2.05, 4.69) is 24.1 Å². The number of piperidine rings is 1. The normalized spacial score (nSPS) is 26.3. The van der Waals surface area contributed by atoms with Gasteiger partial charge in [0.05, 0.1) is 11.7 Å². The van der Waals surface area contributed by atoms with Gasteiger partial charge in [-0.3, -0.25) is 14.9 Å². The van der Waals surface area contributed by atoms with Gasteiger partial charge in [-0.15, -0.1) is 0 Å². The van der Waals surface area contributed by atoms with Crippen LogP contribution in [0.25, 0.3) is 0 Å². The lowest BCUT2D eigenvalue weighted by molar-refractivity contribution is -0.134. The summed E-state index contributed by atoms with van der Waals surface area (Å²) in [7, 11) is 0. The number of nitrogens with zero attached hydrogens (tertiary/aromatic N) is 2. The third-order valence-electron chi connectivity index (χ3n) is 7.01. The summed E-state index contributed by atoms with van der Waals surface area (Å²) in [4.78, 5) is 30.3. The highest BCUT2D eigenvalue weighted by Gasteiger charge is 2.56. The van der Waals surface area contributed by atoms with E-state index in [9.17, 15) is 9.59 Å². The maximum atomic E-state index is 13.2. The van der Waals surface area contributed by atoms with E-state index in [0.29, 0.717) is 42.1 Å². The zero-order chi connectivity index (χ0) is 20.2. The fourth-order valence-corrected chi connectivity index (χ4v) is 4.94. The van der Waals surface area contributed by atoms with Crippen LogP contribution in [-0.2, 0) is 4.79 Å². The second-order valence-corrected chi connectivity index (χ2v) is 8.84. The molecule has 1 saturated carbocycles. The Bertz CT molecular complexity index is 829. The molecule has 1 N–H and O–H groups in total. The zero-order valence-electron chi connectivity index (χ0n) is 17.1. The Morgan fingerprint density at radius 2 is 1.97 bits per heavy atom. The SMILES string of the molecule is CC[C@H](C)[C@H]1NC2(CCN(C(=O)c3ccc4c(c3)OCO4)CC2)N(C2CC2)C1=O. The van der Waals surface area contributed by atoms with Crippen molar-refractivity contribution in [1.29, 1.82) is 0 Å². The Kier molecular flexibility index (Phi) is 4.46. The average molecular weight is 399 g/mol. The van der Waals surface area contributed by atoms with E-state index in [1.807, 2.05) is 4.90 Å². The first-order valence-electron chi connectivity index (χ1n) is 10.8. The molecule has 29 heavy (non-hydrogen) atoms. The second kappa shape index (κ2) is 6.90. The standard InChI is InChI=1S/C22H29N3O4/c1-3-14(2)19-21(27)25(16-5-6-16)22(23-19)8-10-24(11-9-22)20(26)15-4-7-17-18(12-15)29-13-28-17/h4,7,12,14,16,19,23H,3,5-6,8-11,13H2,1-2H3/t14-,19+/m0/s1. The molecule has 2 saturated heterocycles. The van der Waals surface area contributed by atoms with Gasteiger partial charge < -0.3 is 19.3 Å². The summed E-state index contributed by atoms with van der Waals surface area (Å²) >= 11 is 0. The molecule has 1 aromatic rings. The van der Waals surface area contributed by atoms with Crippen LogP contribution in [0.3, 0.4) is 0 Å². The quantitative estimate of drug-likeness (QED) is 0.842. The van der Waals surface area contributed by atoms with Gasteiger partial charge in [0.1, 0.15) is 0 Å². The topological polar surface area (TPSA) is 71.1 Å². The van der Waals surface area contributed by atoms with Gasteiger partial charge >= 0.3 is 0 Å². The van der Waals surface area contributed by atoms with Crippen molar-refractivity contribution < 1.29 is 19.1 Å². The summed E-state index contributed by atoms with van der Waals surface area (Å²) in [5.74, 6) is 1.90. The molecule has 3 heterocycles. The maximum Gasteiger partial charge on any atom is 0.253 e. The second-order valence-electron chi connectivity index (χ2n) is 8.84. The van der Waals surface area contributed by atoms with E-state index in [-0.39, 0.29) is 30.3 Å². The summed E-state index contributed by atoms with van der Waals surface area (Å²) in [6.07, 6.45) is 4.73. The summed E-state index contributed by atoms with van der Waals surface area (Å²) in [5.41, 5.74) is 0.329. The fraction of sp³-hybridized carbons (Fsp3) is 0.636. The Labute approximate surface area is 171 Å². The summed E-state index contributed by atoms with van der Waals surface area (Å²) < 4.78 is 10.7. The molecule has 0 aromatic heterocycles. The molecule has 2 amide bonds. The molecule has 0 bridgehead atoms. The van der Waals surface area contributed by atoms with Gasteiger partial charge in [-0.1, -0.05) is 20.3 Å². The number of rotatable bonds is 4. The lowest BCUT2D eigenvalue weighted by Crippen LogP contribution is -2.60. The van der Waals surface area contributed by atoms with Crippen LogP contribution in [0.15, 0.2) is 18.2 Å². The predicted molar refractivity (Wildman–Crippen MR) is 107 cm³/mol. The molecular formula is C22H29N3O4. The number of ether oxygens (including phenoxy) is 2. The monoisotopic (exact) mass is 399 g/mol. The summed E-state index contributed by atoms with van der Waals surface area (Å²) in [6.45, 7) is 5.78. The van der Waals surface area contributed by atoms with Crippen molar-refractivity contribution in [3.05, 3.63) is 23.8 Å². The first-order chi connectivity index (χ1) is 14.0. The van der Waals surface area contributed by atoms with Gasteiger partial charge in [-0.25, -0.2) is 0 Å². The van der Waals surface area contributed by atoms with Crippen molar-refractivity contribution >= 4 is 11.8 Å². The number of nitrogens with one attached hydrogen (secondary N) is 1. The van der Waals surface area contributed by atoms with Gasteiger partial charge in [0.15, 0.2) is 11.5 Å². The molecule has 156 valence electrons. The smallest absolute Gasteiger partial charge is 0.253 e. The predicted octanol–water partition coefficient (Wildman–Crippen LogP) is 2.36. The van der Waals surface area contributed by atoms with E-state index < -0.39 is 0 Å². The number of carbonyl (C=O) groups is 2. The highest BCUT2D eigenvalue weighted by Crippen LogP contribution is 2.42. The van der Waals surface area contributed by atoms with Crippen molar-refractivity contribution in [2.45, 2.75) is 63.7 Å². The van der Waals surface area contributed by atoms with Gasteiger partial charge in [-0.2, -0.15) is 0 Å². The van der Waals surface area contributed by atoms with Crippen molar-refractivity contribution in [2.75, 3.05) is 19.9 Å². The van der Waals surface area contributed by atoms with Crippen molar-refractivity contribution in [2.24, 2.45) is 5.92 Å². The number of hydrogen-bond donors (Lipinski definition) is 1. The molecule has 7 heteroatoms. The van der Waals surface area contributed by atoms with Crippen LogP contribution in [0.2, 0.25) is 0 Å². The van der Waals surface area contributed by atoms with Crippen LogP contribution in [0.5, 0.6) is 11.5 Å². The van der Waals surface area contributed by atoms with Crippen LogP contribution in [0.4, 0.5) is 0 Å². The van der Waals surface area contributed by atoms with Crippen molar-refractivity contribution in [1.82, 2.24) is 15.1 Å². The van der Waals surface area contributed by atoms with E-state index in [4.69, 9.17) is 9.47 Å². The van der Waals surface area contributed by atoms with E-state index in [1.165, 1.54) is 0 Å². The highest BCUT2D eigenvalue weighted by molar-refractivity contribution is 5.95. The number of amides is 2. The minimum Gasteiger partial charge on any atom is -0.454 e. The van der Waals surface area contributed by atoms with Crippen LogP contribution in [-0.4, -0.2) is 59.2 Å². The molecule has 0 unspecified atom stereocenters. The van der Waals surface area contributed by atoms with Crippen molar-refractivity contribution in [3.8, 4) is 11.5 Å². The Morgan fingerprint density at radius 1 is 1.24 bits per heavy atom. The molecule has 1 aliphatic carbocycles. The highest BCUT2D eigenvalue weighted by atomic mass is 16.7. The molecule has 7 nitrogen and oxygen atoms in total. The van der Waals surface area contributed by atoms with Crippen LogP contribution >= 0.6 is 0 Å². The lowest BCUT2D eigenvalue weighted by Gasteiger charge is -2.45. The van der Waals surface area contributed by atoms with E-state index in [1.54, 1.807) is 18.2 Å². The lowest BCUT2D eigenvalue weighted by atomic mass is 9.94. The maximum absolute atomic E-state index is 13.2. The van der Waals surface area contributed by atoms with E-state index >= 15 is 0 Å². The molecule has 4 aliphatic rings. The van der Waals surface area contributed by atoms with Crippen molar-refractivity contribution in [3.63, 3.8) is 0 Å². The molecular weight excluding hydrogens is 370 g/mol. The fourth-order valence-electron chi connectivity index (χ4n) is 4.94. The molecule has 0 radical (unpaired) electrons. The first kappa shape index (κ1) is 18.7. The Morgan fingerprint density at radius 3 is 2.66 bits per heavy atom. The summed E-state index contributed by atoms with van der Waals surface area (Å²) in [6, 6.07) is 5.63. The third-order valence-corrected chi connectivity index (χ3v) is 7.01. The summed E-state index contributed by atoms with van der Waals surface area (Å²) in [5, 5.41) is 3.71. The minimum absolute atomic E-state index is 0.0129. The number of fused-ring (bicyclic) bond motifs is 1. The van der Waals surface area contributed by atoms with E-state index in [0.717, 1.165) is 32.1 Å². The first-order valence-corrected chi connectivity index (χ1v) is 10.8. The number of carbonyl (C=O) groups excluding carboxylic acids is 2. The number of benzene rings is 1. The molecule has 2 atom stereocenters. The third kappa shape index (κ3) is 3.06. The molecule has 3 fully saturated rings. The van der Waals surface area contributed by atoms with Gasteiger partial charge in [-0.05, 0) is 37.0 Å². The molecule has 5 rings (SSSR count). The average Bonchev–Trinajstić information content (AvgIpc) is 3.38. The van der Waals surface area contributed by atoms with Gasteiger partial charge in [0.25, 0.3) is 5.91 Å². The zero-order valence-corrected chi connectivity index (χ0v) is 17.1. The minimum atomic E-state index is -0.294. The van der Waals surface area contributed by atoms with Gasteiger partial charge in [0, 0.05) is 37.5 Å². The number of likely N-dealkylation sites (tertiary alicyclic amines) is 1.